The highest BCUT2D eigenvalue weighted by atomic mass is 16.6. The molecular formula is C16H14N2O5. The molecule has 1 heterocycles. The molecular weight excluding hydrogens is 300 g/mol. The SMILES string of the molecule is O=C(NC[C@@H]1COc2ccccc2O1)c1ccc([N+](=O)[O-])cc1. The molecule has 0 aromatic heterocycles. The standard InChI is InChI=1S/C16H14N2O5/c19-16(11-5-7-12(8-6-11)18(20)21)17-9-13-10-22-14-3-1-2-4-15(14)23-13/h1-8,13H,9-10H2,(H,17,19)/t13-/m1/s1. The third kappa shape index (κ3) is 3.39. The number of carbonyl (C=O) groups excluding carboxylic acids is 1. The van der Waals surface area contributed by atoms with E-state index in [2.05, 4.69) is 5.32 Å². The first kappa shape index (κ1) is 14.8. The molecule has 1 amide bonds. The molecule has 1 atom stereocenters. The van der Waals surface area contributed by atoms with E-state index in [0.717, 1.165) is 0 Å². The van der Waals surface area contributed by atoms with Crippen LogP contribution < -0.4 is 14.8 Å². The van der Waals surface area contributed by atoms with E-state index in [9.17, 15) is 14.9 Å². The number of nitrogens with one attached hydrogen (secondary N) is 1. The third-order valence-electron chi connectivity index (χ3n) is 3.40. The van der Waals surface area contributed by atoms with Gasteiger partial charge in [0.2, 0.25) is 0 Å². The number of hydrogen-bond donors (Lipinski definition) is 1. The molecule has 0 fully saturated rings. The summed E-state index contributed by atoms with van der Waals surface area (Å²) in [6.45, 7) is 0.627. The van der Waals surface area contributed by atoms with Crippen LogP contribution in [0.2, 0.25) is 0 Å². The van der Waals surface area contributed by atoms with Crippen molar-refractivity contribution in [3.8, 4) is 11.5 Å². The molecule has 1 aliphatic rings. The maximum absolute atomic E-state index is 12.0. The number of hydrogen-bond acceptors (Lipinski definition) is 5. The number of carbonyl (C=O) groups is 1. The average molecular weight is 314 g/mol. The molecule has 23 heavy (non-hydrogen) atoms. The summed E-state index contributed by atoms with van der Waals surface area (Å²) in [7, 11) is 0. The van der Waals surface area contributed by atoms with E-state index in [1.54, 1.807) is 6.07 Å². The zero-order chi connectivity index (χ0) is 16.2. The second-order valence-electron chi connectivity index (χ2n) is 5.01. The molecule has 1 N–H and O–H groups in total. The minimum absolute atomic E-state index is 0.0535. The molecule has 2 aromatic carbocycles. The smallest absolute Gasteiger partial charge is 0.269 e. The van der Waals surface area contributed by atoms with Crippen molar-refractivity contribution in [1.82, 2.24) is 5.32 Å². The summed E-state index contributed by atoms with van der Waals surface area (Å²) in [6, 6.07) is 12.8. The van der Waals surface area contributed by atoms with Gasteiger partial charge in [-0.25, -0.2) is 0 Å². The fourth-order valence-electron chi connectivity index (χ4n) is 2.21. The Hall–Kier alpha value is -3.09. The summed E-state index contributed by atoms with van der Waals surface area (Å²) in [5.74, 6) is 1.01. The lowest BCUT2D eigenvalue weighted by Crippen LogP contribution is -2.40. The van der Waals surface area contributed by atoms with Gasteiger partial charge in [-0.3, -0.25) is 14.9 Å². The topological polar surface area (TPSA) is 90.7 Å². The molecule has 7 nitrogen and oxygen atoms in total. The molecule has 2 aromatic rings. The monoisotopic (exact) mass is 314 g/mol. The Morgan fingerprint density at radius 2 is 1.87 bits per heavy atom. The minimum atomic E-state index is -0.508. The Morgan fingerprint density at radius 3 is 2.57 bits per heavy atom. The van der Waals surface area contributed by atoms with Crippen molar-refractivity contribution in [2.24, 2.45) is 0 Å². The van der Waals surface area contributed by atoms with Crippen molar-refractivity contribution in [2.75, 3.05) is 13.2 Å². The fourth-order valence-corrected chi connectivity index (χ4v) is 2.21. The van der Waals surface area contributed by atoms with Gasteiger partial charge in [-0.2, -0.15) is 0 Å². The summed E-state index contributed by atoms with van der Waals surface area (Å²) in [6.07, 6.45) is -0.285. The number of amides is 1. The van der Waals surface area contributed by atoms with Crippen LogP contribution in [0.3, 0.4) is 0 Å². The van der Waals surface area contributed by atoms with Crippen molar-refractivity contribution in [3.05, 3.63) is 64.2 Å². The summed E-state index contributed by atoms with van der Waals surface area (Å²) in [4.78, 5) is 22.1. The van der Waals surface area contributed by atoms with E-state index in [-0.39, 0.29) is 24.2 Å². The Bertz CT molecular complexity index is 730. The van der Waals surface area contributed by atoms with Gasteiger partial charge in [0.25, 0.3) is 11.6 Å². The Labute approximate surface area is 132 Å². The molecule has 0 aliphatic carbocycles. The van der Waals surface area contributed by atoms with Crippen molar-refractivity contribution in [1.29, 1.82) is 0 Å². The number of nitrogens with zero attached hydrogens (tertiary/aromatic N) is 1. The molecule has 0 saturated heterocycles. The lowest BCUT2D eigenvalue weighted by Gasteiger charge is -2.26. The number of para-hydroxylation sites is 2. The quantitative estimate of drug-likeness (QED) is 0.690. The zero-order valence-electron chi connectivity index (χ0n) is 12.1. The van der Waals surface area contributed by atoms with Crippen molar-refractivity contribution in [3.63, 3.8) is 0 Å². The minimum Gasteiger partial charge on any atom is -0.486 e. The number of nitro groups is 1. The lowest BCUT2D eigenvalue weighted by atomic mass is 10.2. The van der Waals surface area contributed by atoms with Crippen LogP contribution in [-0.4, -0.2) is 30.1 Å². The Morgan fingerprint density at radius 1 is 1.17 bits per heavy atom. The highest BCUT2D eigenvalue weighted by Gasteiger charge is 2.21. The molecule has 0 saturated carbocycles. The van der Waals surface area contributed by atoms with Crippen LogP contribution >= 0.6 is 0 Å². The number of nitro benzene ring substituents is 1. The van der Waals surface area contributed by atoms with Crippen LogP contribution in [0.15, 0.2) is 48.5 Å². The highest BCUT2D eigenvalue weighted by molar-refractivity contribution is 5.94. The number of rotatable bonds is 4. The number of ether oxygens (including phenoxy) is 2. The van der Waals surface area contributed by atoms with Gasteiger partial charge in [0.05, 0.1) is 11.5 Å². The van der Waals surface area contributed by atoms with Gasteiger partial charge >= 0.3 is 0 Å². The van der Waals surface area contributed by atoms with E-state index in [1.165, 1.54) is 24.3 Å². The Kier molecular flexibility index (Phi) is 4.09. The first-order valence-corrected chi connectivity index (χ1v) is 7.04. The summed E-state index contributed by atoms with van der Waals surface area (Å²) in [5.41, 5.74) is 0.301. The first-order chi connectivity index (χ1) is 11.1. The van der Waals surface area contributed by atoms with Crippen LogP contribution in [0.25, 0.3) is 0 Å². The molecule has 1 aliphatic heterocycles. The Balaban J connectivity index is 1.56. The van der Waals surface area contributed by atoms with E-state index >= 15 is 0 Å². The van der Waals surface area contributed by atoms with Gasteiger partial charge in [0, 0.05) is 17.7 Å². The van der Waals surface area contributed by atoms with Crippen LogP contribution in [0.5, 0.6) is 11.5 Å². The van der Waals surface area contributed by atoms with Gasteiger partial charge in [-0.15, -0.1) is 0 Å². The largest absolute Gasteiger partial charge is 0.486 e. The molecule has 0 unspecified atom stereocenters. The van der Waals surface area contributed by atoms with Crippen molar-refractivity contribution >= 4 is 11.6 Å². The van der Waals surface area contributed by atoms with Crippen LogP contribution in [-0.2, 0) is 0 Å². The molecule has 7 heteroatoms. The summed E-state index contributed by atoms with van der Waals surface area (Å²) < 4.78 is 11.3. The maximum atomic E-state index is 12.0. The predicted octanol–water partition coefficient (Wildman–Crippen LogP) is 2.16. The zero-order valence-corrected chi connectivity index (χ0v) is 12.1. The van der Waals surface area contributed by atoms with Gasteiger partial charge in [0.1, 0.15) is 12.7 Å². The van der Waals surface area contributed by atoms with Gasteiger partial charge in [-0.05, 0) is 24.3 Å². The van der Waals surface area contributed by atoms with Gasteiger partial charge in [-0.1, -0.05) is 12.1 Å². The number of fused-ring (bicyclic) bond motifs is 1. The third-order valence-corrected chi connectivity index (χ3v) is 3.40. The highest BCUT2D eigenvalue weighted by Crippen LogP contribution is 2.30. The number of benzene rings is 2. The van der Waals surface area contributed by atoms with Gasteiger partial charge < -0.3 is 14.8 Å². The predicted molar refractivity (Wildman–Crippen MR) is 81.8 cm³/mol. The van der Waals surface area contributed by atoms with E-state index in [1.807, 2.05) is 18.2 Å². The van der Waals surface area contributed by atoms with Gasteiger partial charge in [0.15, 0.2) is 11.5 Å². The van der Waals surface area contributed by atoms with Crippen molar-refractivity contribution in [2.45, 2.75) is 6.10 Å². The first-order valence-electron chi connectivity index (χ1n) is 7.04. The van der Waals surface area contributed by atoms with Crippen molar-refractivity contribution < 1.29 is 19.2 Å². The molecule has 3 rings (SSSR count). The molecule has 118 valence electrons. The molecule has 0 bridgehead atoms. The lowest BCUT2D eigenvalue weighted by molar-refractivity contribution is -0.384. The molecule has 0 spiro atoms. The normalized spacial score (nSPS) is 15.7. The number of non-ortho nitro benzene ring substituents is 1. The van der Waals surface area contributed by atoms with Crippen LogP contribution in [0.1, 0.15) is 10.4 Å². The average Bonchev–Trinajstić information content (AvgIpc) is 2.59. The van der Waals surface area contributed by atoms with Crippen LogP contribution in [0.4, 0.5) is 5.69 Å². The second kappa shape index (κ2) is 6.35. The van der Waals surface area contributed by atoms with E-state index in [4.69, 9.17) is 9.47 Å². The summed E-state index contributed by atoms with van der Waals surface area (Å²) in [5, 5.41) is 13.3. The van der Waals surface area contributed by atoms with E-state index < -0.39 is 4.92 Å². The molecule has 0 radical (unpaired) electrons. The van der Waals surface area contributed by atoms with E-state index in [0.29, 0.717) is 23.7 Å². The maximum Gasteiger partial charge on any atom is 0.269 e. The van der Waals surface area contributed by atoms with Crippen LogP contribution in [0, 0.1) is 10.1 Å². The second-order valence-corrected chi connectivity index (χ2v) is 5.01. The summed E-state index contributed by atoms with van der Waals surface area (Å²) >= 11 is 0. The fraction of sp³-hybridized carbons (Fsp3) is 0.188.